The van der Waals surface area contributed by atoms with Crippen molar-refractivity contribution in [2.24, 2.45) is 0 Å². The Labute approximate surface area is 136 Å². The van der Waals surface area contributed by atoms with Crippen LogP contribution in [0.4, 0.5) is 5.69 Å². The molecular formula is C16H14BrNO4. The largest absolute Gasteiger partial charge is 0.483 e. The zero-order valence-corrected chi connectivity index (χ0v) is 13.4. The summed E-state index contributed by atoms with van der Waals surface area (Å²) < 4.78 is 11.0. The Morgan fingerprint density at radius 2 is 1.77 bits per heavy atom. The van der Waals surface area contributed by atoms with E-state index in [0.29, 0.717) is 11.4 Å². The minimum Gasteiger partial charge on any atom is -0.483 e. The fourth-order valence-corrected chi connectivity index (χ4v) is 2.01. The zero-order valence-electron chi connectivity index (χ0n) is 11.8. The number of benzene rings is 2. The molecule has 114 valence electrons. The molecule has 0 unspecified atom stereocenters. The smallest absolute Gasteiger partial charge is 0.341 e. The molecule has 0 bridgehead atoms. The highest BCUT2D eigenvalue weighted by Gasteiger charge is 2.13. The van der Waals surface area contributed by atoms with Crippen LogP contribution in [0.2, 0.25) is 0 Å². The van der Waals surface area contributed by atoms with E-state index in [9.17, 15) is 9.59 Å². The van der Waals surface area contributed by atoms with Crippen molar-refractivity contribution in [3.8, 4) is 5.75 Å². The lowest BCUT2D eigenvalue weighted by atomic mass is 10.2. The minimum atomic E-state index is -0.510. The molecule has 0 aliphatic carbocycles. The highest BCUT2D eigenvalue weighted by atomic mass is 79.9. The summed E-state index contributed by atoms with van der Waals surface area (Å²) in [5.74, 6) is -0.522. The van der Waals surface area contributed by atoms with E-state index in [4.69, 9.17) is 4.74 Å². The van der Waals surface area contributed by atoms with Crippen LogP contribution in [0.25, 0.3) is 0 Å². The number of amides is 1. The van der Waals surface area contributed by atoms with Gasteiger partial charge in [-0.3, -0.25) is 4.79 Å². The summed E-state index contributed by atoms with van der Waals surface area (Å²) in [6, 6.07) is 13.8. The molecule has 6 heteroatoms. The Bertz CT molecular complexity index is 670. The van der Waals surface area contributed by atoms with Gasteiger partial charge in [-0.1, -0.05) is 28.1 Å². The normalized spacial score (nSPS) is 9.91. The highest BCUT2D eigenvalue weighted by Crippen LogP contribution is 2.19. The Balaban J connectivity index is 1.96. The standard InChI is InChI=1S/C16H14BrNO4/c1-21-16(20)13-4-2-3-5-14(13)22-10-15(19)18-12-8-6-11(17)7-9-12/h2-9H,10H2,1H3,(H,18,19). The van der Waals surface area contributed by atoms with Gasteiger partial charge in [-0.15, -0.1) is 0 Å². The van der Waals surface area contributed by atoms with Crippen molar-refractivity contribution in [1.29, 1.82) is 0 Å². The van der Waals surface area contributed by atoms with E-state index < -0.39 is 5.97 Å². The molecule has 0 atom stereocenters. The van der Waals surface area contributed by atoms with Crippen LogP contribution in [0.1, 0.15) is 10.4 Å². The predicted molar refractivity (Wildman–Crippen MR) is 86.0 cm³/mol. The Hall–Kier alpha value is -2.34. The minimum absolute atomic E-state index is 0.204. The molecular weight excluding hydrogens is 350 g/mol. The SMILES string of the molecule is COC(=O)c1ccccc1OCC(=O)Nc1ccc(Br)cc1. The van der Waals surface area contributed by atoms with Crippen molar-refractivity contribution in [3.63, 3.8) is 0 Å². The maximum Gasteiger partial charge on any atom is 0.341 e. The van der Waals surface area contributed by atoms with Gasteiger partial charge in [0.15, 0.2) is 6.61 Å². The molecule has 0 aromatic heterocycles. The number of para-hydroxylation sites is 1. The molecule has 1 N–H and O–H groups in total. The van der Waals surface area contributed by atoms with Crippen LogP contribution in [-0.2, 0) is 9.53 Å². The van der Waals surface area contributed by atoms with Gasteiger partial charge in [0.05, 0.1) is 7.11 Å². The first-order valence-corrected chi connectivity index (χ1v) is 7.25. The van der Waals surface area contributed by atoms with Crippen molar-refractivity contribution < 1.29 is 19.1 Å². The Kier molecular flexibility index (Phi) is 5.55. The number of ether oxygens (including phenoxy) is 2. The number of anilines is 1. The zero-order chi connectivity index (χ0) is 15.9. The summed E-state index contributed by atoms with van der Waals surface area (Å²) in [6.07, 6.45) is 0. The van der Waals surface area contributed by atoms with Crippen molar-refractivity contribution in [2.45, 2.75) is 0 Å². The lowest BCUT2D eigenvalue weighted by Crippen LogP contribution is -2.21. The number of methoxy groups -OCH3 is 1. The molecule has 5 nitrogen and oxygen atoms in total. The van der Waals surface area contributed by atoms with Crippen LogP contribution < -0.4 is 10.1 Å². The number of esters is 1. The summed E-state index contributed by atoms with van der Waals surface area (Å²) in [7, 11) is 1.29. The van der Waals surface area contributed by atoms with Gasteiger partial charge in [-0.2, -0.15) is 0 Å². The van der Waals surface area contributed by atoms with E-state index in [-0.39, 0.29) is 18.1 Å². The quantitative estimate of drug-likeness (QED) is 0.828. The van der Waals surface area contributed by atoms with Crippen LogP contribution in [0.15, 0.2) is 53.0 Å². The number of carbonyl (C=O) groups excluding carboxylic acids is 2. The van der Waals surface area contributed by atoms with Crippen LogP contribution in [0.5, 0.6) is 5.75 Å². The van der Waals surface area contributed by atoms with E-state index in [1.165, 1.54) is 7.11 Å². The second-order valence-electron chi connectivity index (χ2n) is 4.33. The van der Waals surface area contributed by atoms with E-state index in [2.05, 4.69) is 26.0 Å². The van der Waals surface area contributed by atoms with Gasteiger partial charge >= 0.3 is 5.97 Å². The Morgan fingerprint density at radius 3 is 2.45 bits per heavy atom. The summed E-state index contributed by atoms with van der Waals surface area (Å²) in [6.45, 7) is -0.204. The summed E-state index contributed by atoms with van der Waals surface area (Å²) >= 11 is 3.32. The monoisotopic (exact) mass is 363 g/mol. The van der Waals surface area contributed by atoms with Crippen LogP contribution in [-0.4, -0.2) is 25.6 Å². The van der Waals surface area contributed by atoms with Crippen molar-refractivity contribution >= 4 is 33.5 Å². The molecule has 0 aliphatic heterocycles. The molecule has 0 aliphatic rings. The number of hydrogen-bond acceptors (Lipinski definition) is 4. The van der Waals surface area contributed by atoms with Gasteiger partial charge in [0.2, 0.25) is 0 Å². The van der Waals surface area contributed by atoms with Gasteiger partial charge in [0.1, 0.15) is 11.3 Å². The molecule has 2 aromatic carbocycles. The molecule has 1 amide bonds. The highest BCUT2D eigenvalue weighted by molar-refractivity contribution is 9.10. The molecule has 0 radical (unpaired) electrons. The average molecular weight is 364 g/mol. The van der Waals surface area contributed by atoms with Gasteiger partial charge in [-0.25, -0.2) is 4.79 Å². The van der Waals surface area contributed by atoms with Crippen molar-refractivity contribution in [2.75, 3.05) is 19.0 Å². The molecule has 2 aromatic rings. The summed E-state index contributed by atoms with van der Waals surface area (Å²) in [5.41, 5.74) is 0.944. The van der Waals surface area contributed by atoms with Gasteiger partial charge in [-0.05, 0) is 36.4 Å². The molecule has 0 fully saturated rings. The van der Waals surface area contributed by atoms with Gasteiger partial charge in [0, 0.05) is 10.2 Å². The van der Waals surface area contributed by atoms with E-state index in [1.807, 2.05) is 12.1 Å². The molecule has 0 spiro atoms. The predicted octanol–water partition coefficient (Wildman–Crippen LogP) is 3.25. The Morgan fingerprint density at radius 1 is 1.09 bits per heavy atom. The number of carbonyl (C=O) groups is 2. The molecule has 22 heavy (non-hydrogen) atoms. The van der Waals surface area contributed by atoms with Crippen LogP contribution >= 0.6 is 15.9 Å². The maximum absolute atomic E-state index is 11.9. The van der Waals surface area contributed by atoms with Gasteiger partial charge < -0.3 is 14.8 Å². The molecule has 0 saturated carbocycles. The van der Waals surface area contributed by atoms with Crippen molar-refractivity contribution in [1.82, 2.24) is 0 Å². The lowest BCUT2D eigenvalue weighted by molar-refractivity contribution is -0.118. The first-order chi connectivity index (χ1) is 10.6. The first-order valence-electron chi connectivity index (χ1n) is 6.45. The fraction of sp³-hybridized carbons (Fsp3) is 0.125. The first kappa shape index (κ1) is 16.0. The molecule has 2 rings (SSSR count). The maximum atomic E-state index is 11.9. The van der Waals surface area contributed by atoms with E-state index in [1.54, 1.807) is 36.4 Å². The second kappa shape index (κ2) is 7.61. The third-order valence-electron chi connectivity index (χ3n) is 2.78. The molecule has 0 heterocycles. The fourth-order valence-electron chi connectivity index (χ4n) is 1.74. The topological polar surface area (TPSA) is 64.6 Å². The third-order valence-corrected chi connectivity index (χ3v) is 3.31. The van der Waals surface area contributed by atoms with E-state index in [0.717, 1.165) is 4.47 Å². The number of nitrogens with one attached hydrogen (secondary N) is 1. The van der Waals surface area contributed by atoms with Crippen molar-refractivity contribution in [3.05, 3.63) is 58.6 Å². The average Bonchev–Trinajstić information content (AvgIpc) is 2.54. The number of halogens is 1. The van der Waals surface area contributed by atoms with Gasteiger partial charge in [0.25, 0.3) is 5.91 Å². The van der Waals surface area contributed by atoms with Crippen LogP contribution in [0.3, 0.4) is 0 Å². The summed E-state index contributed by atoms with van der Waals surface area (Å²) in [5, 5.41) is 2.70. The van der Waals surface area contributed by atoms with Crippen LogP contribution in [0, 0.1) is 0 Å². The third kappa shape index (κ3) is 4.33. The second-order valence-corrected chi connectivity index (χ2v) is 5.25. The number of hydrogen-bond donors (Lipinski definition) is 1. The summed E-state index contributed by atoms with van der Waals surface area (Å²) in [4.78, 5) is 23.5. The van der Waals surface area contributed by atoms with E-state index >= 15 is 0 Å². The molecule has 0 saturated heterocycles. The number of rotatable bonds is 5. The lowest BCUT2D eigenvalue weighted by Gasteiger charge is -2.10.